The lowest BCUT2D eigenvalue weighted by Crippen LogP contribution is -1.76. The summed E-state index contributed by atoms with van der Waals surface area (Å²) < 4.78 is 6.30. The van der Waals surface area contributed by atoms with Crippen molar-refractivity contribution < 1.29 is 4.42 Å². The van der Waals surface area contributed by atoms with Crippen LogP contribution >= 0.6 is 0 Å². The number of aromatic amines is 1. The van der Waals surface area contributed by atoms with Crippen LogP contribution in [0.5, 0.6) is 0 Å². The van der Waals surface area contributed by atoms with Gasteiger partial charge in [0.1, 0.15) is 11.2 Å². The van der Waals surface area contributed by atoms with Gasteiger partial charge in [0, 0.05) is 21.7 Å². The number of para-hydroxylation sites is 1. The standard InChI is InChI=1S/C24H15NO/c1-2-6-15(7-3-1)16-10-13-22-19(14-16)17-11-12-21-23(24(17)26-22)18-8-4-5-9-20(18)25-21/h1-14,25H. The Labute approximate surface area is 149 Å². The molecule has 122 valence electrons. The topological polar surface area (TPSA) is 28.9 Å². The summed E-state index contributed by atoms with van der Waals surface area (Å²) in [6.45, 7) is 0. The highest BCUT2D eigenvalue weighted by atomic mass is 16.3. The van der Waals surface area contributed by atoms with E-state index in [9.17, 15) is 0 Å². The minimum Gasteiger partial charge on any atom is -0.455 e. The number of fused-ring (bicyclic) bond motifs is 7. The molecule has 6 rings (SSSR count). The molecule has 2 heterocycles. The van der Waals surface area contributed by atoms with Gasteiger partial charge in [0.05, 0.1) is 10.9 Å². The van der Waals surface area contributed by atoms with Gasteiger partial charge in [-0.3, -0.25) is 0 Å². The summed E-state index contributed by atoms with van der Waals surface area (Å²) in [5.41, 5.74) is 6.57. The van der Waals surface area contributed by atoms with Gasteiger partial charge < -0.3 is 9.40 Å². The van der Waals surface area contributed by atoms with Crippen molar-refractivity contribution in [1.29, 1.82) is 0 Å². The van der Waals surface area contributed by atoms with E-state index in [4.69, 9.17) is 4.42 Å². The molecular formula is C24H15NO. The molecule has 0 fully saturated rings. The van der Waals surface area contributed by atoms with Crippen LogP contribution in [0.3, 0.4) is 0 Å². The summed E-state index contributed by atoms with van der Waals surface area (Å²) >= 11 is 0. The first-order valence-electron chi connectivity index (χ1n) is 8.79. The smallest absolute Gasteiger partial charge is 0.145 e. The fraction of sp³-hybridized carbons (Fsp3) is 0. The highest BCUT2D eigenvalue weighted by molar-refractivity contribution is 6.23. The van der Waals surface area contributed by atoms with E-state index >= 15 is 0 Å². The Morgan fingerprint density at radius 2 is 1.42 bits per heavy atom. The lowest BCUT2D eigenvalue weighted by atomic mass is 10.0. The third kappa shape index (κ3) is 1.81. The Morgan fingerprint density at radius 1 is 0.577 bits per heavy atom. The number of rotatable bonds is 1. The van der Waals surface area contributed by atoms with E-state index in [-0.39, 0.29) is 0 Å². The van der Waals surface area contributed by atoms with E-state index in [1.54, 1.807) is 0 Å². The van der Waals surface area contributed by atoms with Crippen LogP contribution in [-0.2, 0) is 0 Å². The zero-order chi connectivity index (χ0) is 17.1. The number of furan rings is 1. The van der Waals surface area contributed by atoms with Gasteiger partial charge in [-0.25, -0.2) is 0 Å². The van der Waals surface area contributed by atoms with Gasteiger partial charge in [0.2, 0.25) is 0 Å². The van der Waals surface area contributed by atoms with Gasteiger partial charge in [-0.05, 0) is 41.5 Å². The quantitative estimate of drug-likeness (QED) is 0.349. The molecule has 0 amide bonds. The van der Waals surface area contributed by atoms with Crippen molar-refractivity contribution in [3.8, 4) is 11.1 Å². The number of hydrogen-bond donors (Lipinski definition) is 1. The minimum atomic E-state index is 0.928. The third-order valence-electron chi connectivity index (χ3n) is 5.21. The van der Waals surface area contributed by atoms with Crippen molar-refractivity contribution in [3.63, 3.8) is 0 Å². The van der Waals surface area contributed by atoms with Gasteiger partial charge in [-0.15, -0.1) is 0 Å². The van der Waals surface area contributed by atoms with E-state index < -0.39 is 0 Å². The van der Waals surface area contributed by atoms with Crippen molar-refractivity contribution in [2.24, 2.45) is 0 Å². The summed E-state index contributed by atoms with van der Waals surface area (Å²) in [7, 11) is 0. The third-order valence-corrected chi connectivity index (χ3v) is 5.21. The molecule has 2 aromatic heterocycles. The molecular weight excluding hydrogens is 318 g/mol. The number of hydrogen-bond acceptors (Lipinski definition) is 1. The Hall–Kier alpha value is -3.52. The van der Waals surface area contributed by atoms with E-state index in [0.717, 1.165) is 38.4 Å². The molecule has 0 unspecified atom stereocenters. The van der Waals surface area contributed by atoms with Crippen molar-refractivity contribution in [2.45, 2.75) is 0 Å². The van der Waals surface area contributed by atoms with Crippen LogP contribution in [0, 0.1) is 0 Å². The van der Waals surface area contributed by atoms with Crippen LogP contribution in [0.4, 0.5) is 0 Å². The molecule has 4 aromatic carbocycles. The first kappa shape index (κ1) is 13.7. The second-order valence-corrected chi connectivity index (χ2v) is 6.71. The van der Waals surface area contributed by atoms with Crippen LogP contribution in [0.15, 0.2) is 89.3 Å². The summed E-state index contributed by atoms with van der Waals surface area (Å²) in [5, 5.41) is 4.69. The molecule has 6 aromatic rings. The molecule has 0 aliphatic heterocycles. The molecule has 0 aliphatic carbocycles. The molecule has 0 aliphatic rings. The number of aromatic nitrogens is 1. The normalized spacial score (nSPS) is 11.8. The Bertz CT molecular complexity index is 1420. The zero-order valence-electron chi connectivity index (χ0n) is 14.0. The molecule has 0 saturated carbocycles. The van der Waals surface area contributed by atoms with Crippen LogP contribution in [0.2, 0.25) is 0 Å². The summed E-state index contributed by atoms with van der Waals surface area (Å²) in [5.74, 6) is 0. The van der Waals surface area contributed by atoms with E-state index in [0.29, 0.717) is 0 Å². The van der Waals surface area contributed by atoms with Crippen molar-refractivity contribution >= 4 is 43.7 Å². The Balaban J connectivity index is 1.73. The maximum absolute atomic E-state index is 6.30. The van der Waals surface area contributed by atoms with E-state index in [1.807, 2.05) is 6.07 Å². The maximum atomic E-state index is 6.30. The predicted molar refractivity (Wildman–Crippen MR) is 109 cm³/mol. The first-order valence-corrected chi connectivity index (χ1v) is 8.79. The van der Waals surface area contributed by atoms with Crippen LogP contribution in [0.1, 0.15) is 0 Å². The molecule has 0 atom stereocenters. The summed E-state index contributed by atoms with van der Waals surface area (Å²) in [6, 6.07) is 29.6. The Morgan fingerprint density at radius 3 is 2.35 bits per heavy atom. The molecule has 2 nitrogen and oxygen atoms in total. The van der Waals surface area contributed by atoms with Crippen molar-refractivity contribution in [3.05, 3.63) is 84.9 Å². The molecule has 1 N–H and O–H groups in total. The molecule has 0 radical (unpaired) electrons. The van der Waals surface area contributed by atoms with Crippen LogP contribution in [-0.4, -0.2) is 4.98 Å². The molecule has 26 heavy (non-hydrogen) atoms. The van der Waals surface area contributed by atoms with E-state index in [1.165, 1.54) is 16.5 Å². The van der Waals surface area contributed by atoms with Gasteiger partial charge in [0.15, 0.2) is 0 Å². The second-order valence-electron chi connectivity index (χ2n) is 6.71. The minimum absolute atomic E-state index is 0.928. The molecule has 2 heteroatoms. The molecule has 0 spiro atoms. The second kappa shape index (κ2) is 4.99. The number of nitrogens with one attached hydrogen (secondary N) is 1. The van der Waals surface area contributed by atoms with Crippen LogP contribution < -0.4 is 0 Å². The zero-order valence-corrected chi connectivity index (χ0v) is 14.0. The van der Waals surface area contributed by atoms with E-state index in [2.05, 4.69) is 83.8 Å². The average Bonchev–Trinajstić information content (AvgIpc) is 3.26. The molecule has 0 bridgehead atoms. The van der Waals surface area contributed by atoms with Gasteiger partial charge in [-0.2, -0.15) is 0 Å². The van der Waals surface area contributed by atoms with Gasteiger partial charge in [-0.1, -0.05) is 54.6 Å². The van der Waals surface area contributed by atoms with Gasteiger partial charge in [0.25, 0.3) is 0 Å². The number of H-pyrrole nitrogens is 1. The lowest BCUT2D eigenvalue weighted by molar-refractivity contribution is 0.673. The average molecular weight is 333 g/mol. The van der Waals surface area contributed by atoms with Crippen molar-refractivity contribution in [2.75, 3.05) is 0 Å². The SMILES string of the molecule is c1ccc(-c2ccc3oc4c(ccc5[nH]c6ccccc6c54)c3c2)cc1. The Kier molecular flexibility index (Phi) is 2.64. The first-order chi connectivity index (χ1) is 12.9. The summed E-state index contributed by atoms with van der Waals surface area (Å²) in [6.07, 6.45) is 0. The highest BCUT2D eigenvalue weighted by Gasteiger charge is 2.14. The fourth-order valence-corrected chi connectivity index (χ4v) is 3.98. The number of benzene rings is 4. The molecule has 0 saturated heterocycles. The van der Waals surface area contributed by atoms with Gasteiger partial charge >= 0.3 is 0 Å². The maximum Gasteiger partial charge on any atom is 0.145 e. The predicted octanol–water partition coefficient (Wildman–Crippen LogP) is 6.89. The lowest BCUT2D eigenvalue weighted by Gasteiger charge is -2.01. The van der Waals surface area contributed by atoms with Crippen molar-refractivity contribution in [1.82, 2.24) is 4.98 Å². The van der Waals surface area contributed by atoms with Crippen LogP contribution in [0.25, 0.3) is 54.9 Å². The fourth-order valence-electron chi connectivity index (χ4n) is 3.98. The highest BCUT2D eigenvalue weighted by Crippen LogP contribution is 2.38. The monoisotopic (exact) mass is 333 g/mol. The largest absolute Gasteiger partial charge is 0.455 e. The summed E-state index contributed by atoms with van der Waals surface area (Å²) in [4.78, 5) is 3.49.